The summed E-state index contributed by atoms with van der Waals surface area (Å²) >= 11 is 0. The van der Waals surface area contributed by atoms with Crippen molar-refractivity contribution in [3.63, 3.8) is 0 Å². The zero-order valence-electron chi connectivity index (χ0n) is 3.10. The van der Waals surface area contributed by atoms with Crippen molar-refractivity contribution < 1.29 is 0 Å². The molecule has 0 fully saturated rings. The number of rotatable bonds is 0. The number of nitrogens with two attached hydrogens (primary N) is 1. The number of nitriles is 1. The van der Waals surface area contributed by atoms with Crippen LogP contribution in [0.2, 0.25) is 0 Å². The highest BCUT2D eigenvalue weighted by Crippen LogP contribution is 1.59. The van der Waals surface area contributed by atoms with Gasteiger partial charge in [0.1, 0.15) is 0 Å². The van der Waals surface area contributed by atoms with E-state index in [-0.39, 0.29) is 6.04 Å². The molecule has 0 bridgehead atoms. The molecule has 0 rings (SSSR count). The lowest BCUT2D eigenvalue weighted by atomic mass is 10.4. The lowest BCUT2D eigenvalue weighted by Crippen LogP contribution is -2.09. The van der Waals surface area contributed by atoms with Crippen LogP contribution in [0.1, 0.15) is 6.92 Å². The molecule has 0 aliphatic rings. The summed E-state index contributed by atoms with van der Waals surface area (Å²) in [5.74, 6) is 0. The quantitative estimate of drug-likeness (QED) is 0.431. The van der Waals surface area contributed by atoms with Gasteiger partial charge in [-0.05, 0) is 6.92 Å². The first-order valence-electron chi connectivity index (χ1n) is 1.42. The van der Waals surface area contributed by atoms with E-state index in [9.17, 15) is 0 Å². The summed E-state index contributed by atoms with van der Waals surface area (Å²) in [7, 11) is 0. The van der Waals surface area contributed by atoms with E-state index in [2.05, 4.69) is 0 Å². The van der Waals surface area contributed by atoms with Crippen LogP contribution in [-0.2, 0) is 0 Å². The van der Waals surface area contributed by atoms with Crippen LogP contribution in [0, 0.1) is 11.3 Å². The molecule has 0 aliphatic carbocycles. The van der Waals surface area contributed by atoms with E-state index in [1.54, 1.807) is 13.0 Å². The highest BCUT2D eigenvalue weighted by atomic mass is 14.6. The summed E-state index contributed by atoms with van der Waals surface area (Å²) in [6.45, 7) is 1.64. The predicted molar refractivity (Wildman–Crippen MR) is 19.3 cm³/mol. The lowest BCUT2D eigenvalue weighted by molar-refractivity contribution is 0.940. The van der Waals surface area contributed by atoms with Gasteiger partial charge >= 0.3 is 0 Å². The van der Waals surface area contributed by atoms with E-state index in [4.69, 9.17) is 11.0 Å². The first kappa shape index (κ1) is 4.45. The summed E-state index contributed by atoms with van der Waals surface area (Å²) in [4.78, 5) is 0. The highest BCUT2D eigenvalue weighted by Gasteiger charge is 1.78. The van der Waals surface area contributed by atoms with E-state index in [1.165, 1.54) is 0 Å². The first-order chi connectivity index (χ1) is 2.27. The normalized spacial score (nSPS) is 13.0. The molecule has 5 heavy (non-hydrogen) atoms. The van der Waals surface area contributed by atoms with Gasteiger partial charge in [0.2, 0.25) is 0 Å². The smallest absolute Gasteiger partial charge is 0.0899 e. The van der Waals surface area contributed by atoms with Crippen molar-refractivity contribution in [1.29, 1.82) is 5.26 Å². The second-order valence-corrected chi connectivity index (χ2v) is 0.918. The van der Waals surface area contributed by atoms with Crippen LogP contribution in [0.25, 0.3) is 0 Å². The van der Waals surface area contributed by atoms with Crippen LogP contribution in [0.15, 0.2) is 0 Å². The largest absolute Gasteiger partial charge is 0.316 e. The molecule has 0 saturated carbocycles. The van der Waals surface area contributed by atoms with Gasteiger partial charge in [-0.3, -0.25) is 0 Å². The van der Waals surface area contributed by atoms with E-state index in [0.29, 0.717) is 0 Å². The monoisotopic (exact) mass is 70.1 g/mol. The molecular weight excluding hydrogens is 64.0 g/mol. The van der Waals surface area contributed by atoms with Crippen molar-refractivity contribution in [2.75, 3.05) is 0 Å². The topological polar surface area (TPSA) is 49.8 Å². The van der Waals surface area contributed by atoms with Gasteiger partial charge in [0.05, 0.1) is 12.1 Å². The molecule has 0 aromatic rings. The summed E-state index contributed by atoms with van der Waals surface area (Å²) in [6.07, 6.45) is 0. The fraction of sp³-hybridized carbons (Fsp3) is 0.667. The zero-order chi connectivity index (χ0) is 4.28. The number of hydrogen-bond donors (Lipinski definition) is 1. The second-order valence-electron chi connectivity index (χ2n) is 0.918. The summed E-state index contributed by atoms with van der Waals surface area (Å²) in [5, 5.41) is 7.77. The van der Waals surface area contributed by atoms with Crippen molar-refractivity contribution in [2.24, 2.45) is 5.73 Å². The van der Waals surface area contributed by atoms with Gasteiger partial charge in [0.15, 0.2) is 0 Å². The lowest BCUT2D eigenvalue weighted by Gasteiger charge is -1.78. The Labute approximate surface area is 31.2 Å². The Morgan fingerprint density at radius 2 is 2.20 bits per heavy atom. The molecule has 0 unspecified atom stereocenters. The molecule has 0 saturated heterocycles. The average Bonchev–Trinajstić information content (AvgIpc) is 1.38. The minimum Gasteiger partial charge on any atom is -0.316 e. The molecule has 0 radical (unpaired) electrons. The third kappa shape index (κ3) is 3.45. The molecule has 0 spiro atoms. The number of nitrogens with zero attached hydrogens (tertiary/aromatic N) is 1. The van der Waals surface area contributed by atoms with Gasteiger partial charge in [0.25, 0.3) is 0 Å². The van der Waals surface area contributed by atoms with Crippen molar-refractivity contribution in [1.82, 2.24) is 0 Å². The molecular formula is C3H6N2. The molecule has 0 amide bonds. The maximum atomic E-state index is 7.77. The predicted octanol–water partition coefficient (Wildman–Crippen LogP) is -0.143. The van der Waals surface area contributed by atoms with E-state index < -0.39 is 0 Å². The SMILES string of the molecule is C[C@@H](N)C#N. The number of hydrogen-bond acceptors (Lipinski definition) is 2. The van der Waals surface area contributed by atoms with Crippen molar-refractivity contribution in [2.45, 2.75) is 13.0 Å². The van der Waals surface area contributed by atoms with Crippen molar-refractivity contribution >= 4 is 0 Å². The van der Waals surface area contributed by atoms with Gasteiger partial charge < -0.3 is 5.73 Å². The minimum absolute atomic E-state index is 0.310. The molecule has 1 atom stereocenters. The molecule has 28 valence electrons. The maximum Gasteiger partial charge on any atom is 0.0899 e. The van der Waals surface area contributed by atoms with E-state index in [1.807, 2.05) is 0 Å². The molecule has 0 heterocycles. The van der Waals surface area contributed by atoms with Gasteiger partial charge in [0, 0.05) is 0 Å². The maximum absolute atomic E-state index is 7.77. The molecule has 2 N–H and O–H groups in total. The van der Waals surface area contributed by atoms with Gasteiger partial charge in [-0.1, -0.05) is 0 Å². The summed E-state index contributed by atoms with van der Waals surface area (Å²) in [5.41, 5.74) is 4.93. The van der Waals surface area contributed by atoms with E-state index in [0.717, 1.165) is 0 Å². The Morgan fingerprint density at radius 1 is 2.00 bits per heavy atom. The van der Waals surface area contributed by atoms with Crippen LogP contribution >= 0.6 is 0 Å². The second kappa shape index (κ2) is 1.74. The van der Waals surface area contributed by atoms with E-state index >= 15 is 0 Å². The fourth-order valence-electron chi connectivity index (χ4n) is 0. The third-order valence-electron chi connectivity index (χ3n) is 0.204. The van der Waals surface area contributed by atoms with Gasteiger partial charge in [-0.2, -0.15) is 5.26 Å². The van der Waals surface area contributed by atoms with Gasteiger partial charge in [-0.15, -0.1) is 0 Å². The molecule has 2 heteroatoms. The Balaban J connectivity index is 2.94. The molecule has 2 nitrogen and oxygen atoms in total. The van der Waals surface area contributed by atoms with Gasteiger partial charge in [-0.25, -0.2) is 0 Å². The third-order valence-corrected chi connectivity index (χ3v) is 0.204. The Kier molecular flexibility index (Phi) is 1.55. The first-order valence-corrected chi connectivity index (χ1v) is 1.42. The fourth-order valence-corrected chi connectivity index (χ4v) is 0. The zero-order valence-corrected chi connectivity index (χ0v) is 3.10. The Hall–Kier alpha value is -0.550. The standard InChI is InChI=1S/C3H6N2/c1-3(5)2-4/h3H,5H2,1H3/t3-/m1/s1. The van der Waals surface area contributed by atoms with Crippen molar-refractivity contribution in [3.05, 3.63) is 0 Å². The molecule has 0 aromatic heterocycles. The average molecular weight is 70.1 g/mol. The molecule has 0 aromatic carbocycles. The molecule has 0 aliphatic heterocycles. The van der Waals surface area contributed by atoms with Crippen LogP contribution < -0.4 is 5.73 Å². The van der Waals surface area contributed by atoms with Crippen LogP contribution in [0.3, 0.4) is 0 Å². The summed E-state index contributed by atoms with van der Waals surface area (Å²) in [6, 6.07) is 1.50. The van der Waals surface area contributed by atoms with Crippen molar-refractivity contribution in [3.8, 4) is 6.07 Å². The van der Waals surface area contributed by atoms with Crippen LogP contribution in [0.4, 0.5) is 0 Å². The van der Waals surface area contributed by atoms with Crippen LogP contribution in [-0.4, -0.2) is 6.04 Å². The minimum atomic E-state index is -0.310. The Bertz CT molecular complexity index is 50.4. The summed E-state index contributed by atoms with van der Waals surface area (Å²) < 4.78 is 0. The van der Waals surface area contributed by atoms with Crippen LogP contribution in [0.5, 0.6) is 0 Å². The highest BCUT2D eigenvalue weighted by molar-refractivity contribution is 4.80. The Morgan fingerprint density at radius 3 is 2.20 bits per heavy atom.